The summed E-state index contributed by atoms with van der Waals surface area (Å²) in [4.78, 5) is 12.7. The number of hydrogen-bond acceptors (Lipinski definition) is 4. The van der Waals surface area contributed by atoms with Crippen molar-refractivity contribution in [2.75, 3.05) is 18.5 Å². The topological polar surface area (TPSA) is 84.8 Å². The van der Waals surface area contributed by atoms with Crippen molar-refractivity contribution in [3.8, 4) is 5.69 Å². The molecule has 2 aliphatic rings. The number of nitrogens with one attached hydrogen (secondary N) is 2. The Morgan fingerprint density at radius 3 is 2.72 bits per heavy atom. The minimum Gasteiger partial charge on any atom is -0.380 e. The van der Waals surface area contributed by atoms with E-state index in [9.17, 15) is 18.0 Å². The molecule has 1 unspecified atom stereocenters. The molecule has 2 aromatic heterocycles. The summed E-state index contributed by atoms with van der Waals surface area (Å²) >= 11 is 0. The van der Waals surface area contributed by atoms with Gasteiger partial charge >= 0.3 is 0 Å². The Labute approximate surface area is 182 Å². The van der Waals surface area contributed by atoms with Gasteiger partial charge in [-0.2, -0.15) is 10.2 Å². The summed E-state index contributed by atoms with van der Waals surface area (Å²) in [7, 11) is 0. The van der Waals surface area contributed by atoms with Crippen LogP contribution >= 0.6 is 0 Å². The molecule has 1 saturated heterocycles. The number of ether oxygens (including phenoxy) is 1. The van der Waals surface area contributed by atoms with Gasteiger partial charge in [-0.25, -0.2) is 17.9 Å². The molecule has 1 amide bonds. The molecule has 1 aliphatic carbocycles. The van der Waals surface area contributed by atoms with Crippen molar-refractivity contribution in [2.24, 2.45) is 5.41 Å². The van der Waals surface area contributed by atoms with Crippen LogP contribution < -0.4 is 5.32 Å². The lowest BCUT2D eigenvalue weighted by molar-refractivity contribution is -0.164. The van der Waals surface area contributed by atoms with Crippen LogP contribution in [-0.4, -0.2) is 39.1 Å². The number of hydrogen-bond donors (Lipinski definition) is 2. The van der Waals surface area contributed by atoms with Crippen LogP contribution in [-0.2, 0) is 9.53 Å². The second kappa shape index (κ2) is 7.77. The molecule has 1 spiro atoms. The Morgan fingerprint density at radius 2 is 2.03 bits per heavy atom. The average Bonchev–Trinajstić information content (AvgIpc) is 3.35. The molecule has 168 valence electrons. The fourth-order valence-corrected chi connectivity index (χ4v) is 4.38. The number of benzene rings is 1. The summed E-state index contributed by atoms with van der Waals surface area (Å²) in [6, 6.07) is 4.92. The fourth-order valence-electron chi connectivity index (χ4n) is 4.38. The smallest absolute Gasteiger partial charge is 0.264 e. The predicted molar refractivity (Wildman–Crippen MR) is 109 cm³/mol. The zero-order valence-electron chi connectivity index (χ0n) is 17.3. The van der Waals surface area contributed by atoms with Gasteiger partial charge in [-0.05, 0) is 38.0 Å². The molecule has 2 N–H and O–H groups in total. The molecule has 1 aromatic carbocycles. The highest BCUT2D eigenvalue weighted by Crippen LogP contribution is 2.54. The summed E-state index contributed by atoms with van der Waals surface area (Å²) in [5, 5.41) is 14.1. The molecule has 1 atom stereocenters. The third-order valence-corrected chi connectivity index (χ3v) is 6.38. The SMILES string of the molecule is CC(C(=O)Nc1cc(C2CC3(COC3)C2)[nH]n1)c1cnn(-c2cc(F)cc(C(F)F)c2)c1. The highest BCUT2D eigenvalue weighted by atomic mass is 19.3. The van der Waals surface area contributed by atoms with E-state index in [0.29, 0.717) is 22.7 Å². The first-order chi connectivity index (χ1) is 15.3. The monoisotopic (exact) mass is 445 g/mol. The van der Waals surface area contributed by atoms with Crippen molar-refractivity contribution in [3.05, 3.63) is 59.3 Å². The molecule has 1 aliphatic heterocycles. The Kier molecular flexibility index (Phi) is 5.04. The summed E-state index contributed by atoms with van der Waals surface area (Å²) < 4.78 is 46.2. The number of nitrogens with zero attached hydrogens (tertiary/aromatic N) is 3. The quantitative estimate of drug-likeness (QED) is 0.592. The normalized spacial score (nSPS) is 18.4. The van der Waals surface area contributed by atoms with Crippen molar-refractivity contribution in [3.63, 3.8) is 0 Å². The first-order valence-corrected chi connectivity index (χ1v) is 10.4. The van der Waals surface area contributed by atoms with Gasteiger partial charge in [-0.3, -0.25) is 9.89 Å². The maximum Gasteiger partial charge on any atom is 0.264 e. The van der Waals surface area contributed by atoms with E-state index in [2.05, 4.69) is 20.6 Å². The zero-order valence-corrected chi connectivity index (χ0v) is 17.3. The van der Waals surface area contributed by atoms with E-state index in [4.69, 9.17) is 4.74 Å². The van der Waals surface area contributed by atoms with Crippen molar-refractivity contribution in [1.82, 2.24) is 20.0 Å². The van der Waals surface area contributed by atoms with Gasteiger partial charge in [-0.15, -0.1) is 0 Å². The van der Waals surface area contributed by atoms with Crippen LogP contribution in [0.2, 0.25) is 0 Å². The summed E-state index contributed by atoms with van der Waals surface area (Å²) in [5.41, 5.74) is 1.63. The number of alkyl halides is 2. The summed E-state index contributed by atoms with van der Waals surface area (Å²) in [5.74, 6) is -0.797. The van der Waals surface area contributed by atoms with Crippen LogP contribution in [0.25, 0.3) is 5.69 Å². The standard InChI is InChI=1S/C22H22F3N5O2/c1-12(15-8-26-30(9-15)17-3-13(20(24)25)2-16(23)4-17)21(31)27-19-5-18(28-29-19)14-6-22(7-14)10-32-11-22/h2-5,8-9,12,14,20H,6-7,10-11H2,1H3,(H2,27,28,29,31). The molecule has 3 aromatic rings. The van der Waals surface area contributed by atoms with Crippen LogP contribution in [0.15, 0.2) is 36.7 Å². The van der Waals surface area contributed by atoms with Crippen LogP contribution in [0.5, 0.6) is 0 Å². The van der Waals surface area contributed by atoms with Crippen molar-refractivity contribution in [2.45, 2.75) is 38.0 Å². The number of carbonyl (C=O) groups excluding carboxylic acids is 1. The fraction of sp³-hybridized carbons (Fsp3) is 0.409. The number of halogens is 3. The minimum absolute atomic E-state index is 0.159. The Bertz CT molecular complexity index is 1150. The van der Waals surface area contributed by atoms with Gasteiger partial charge in [0.15, 0.2) is 5.82 Å². The number of anilines is 1. The highest BCUT2D eigenvalue weighted by molar-refractivity contribution is 5.94. The molecule has 7 nitrogen and oxygen atoms in total. The lowest BCUT2D eigenvalue weighted by Gasteiger charge is -2.53. The average molecular weight is 445 g/mol. The molecule has 0 bridgehead atoms. The molecule has 2 fully saturated rings. The lowest BCUT2D eigenvalue weighted by atomic mass is 9.60. The largest absolute Gasteiger partial charge is 0.380 e. The maximum atomic E-state index is 13.7. The summed E-state index contributed by atoms with van der Waals surface area (Å²) in [6.45, 7) is 3.35. The van der Waals surface area contributed by atoms with Gasteiger partial charge in [0.2, 0.25) is 5.91 Å². The van der Waals surface area contributed by atoms with E-state index in [0.717, 1.165) is 43.9 Å². The number of rotatable bonds is 6. The van der Waals surface area contributed by atoms with Gasteiger partial charge in [0.05, 0.1) is 31.0 Å². The number of amides is 1. The number of aromatic amines is 1. The first kappa shape index (κ1) is 20.7. The number of H-pyrrole nitrogens is 1. The van der Waals surface area contributed by atoms with Gasteiger partial charge in [0.25, 0.3) is 6.43 Å². The van der Waals surface area contributed by atoms with Crippen LogP contribution in [0, 0.1) is 11.2 Å². The van der Waals surface area contributed by atoms with E-state index in [1.165, 1.54) is 23.1 Å². The molecule has 0 radical (unpaired) electrons. The molecule has 1 saturated carbocycles. The van der Waals surface area contributed by atoms with Crippen molar-refractivity contribution in [1.29, 1.82) is 0 Å². The van der Waals surface area contributed by atoms with Gasteiger partial charge in [0, 0.05) is 40.4 Å². The van der Waals surface area contributed by atoms with Crippen LogP contribution in [0.1, 0.15) is 54.8 Å². The molecular weight excluding hydrogens is 423 g/mol. The minimum atomic E-state index is -2.80. The zero-order chi connectivity index (χ0) is 22.5. The lowest BCUT2D eigenvalue weighted by Crippen LogP contribution is -2.51. The van der Waals surface area contributed by atoms with E-state index in [-0.39, 0.29) is 11.6 Å². The molecule has 3 heterocycles. The molecule has 32 heavy (non-hydrogen) atoms. The third kappa shape index (κ3) is 3.79. The Hall–Kier alpha value is -3.14. The second-order valence-electron chi connectivity index (χ2n) is 8.78. The number of aromatic nitrogens is 4. The van der Waals surface area contributed by atoms with E-state index >= 15 is 0 Å². The molecular formula is C22H22F3N5O2. The van der Waals surface area contributed by atoms with Gasteiger partial charge in [-0.1, -0.05) is 0 Å². The van der Waals surface area contributed by atoms with Gasteiger partial charge in [0.1, 0.15) is 5.82 Å². The van der Waals surface area contributed by atoms with Crippen LogP contribution in [0.3, 0.4) is 0 Å². The first-order valence-electron chi connectivity index (χ1n) is 10.4. The Balaban J connectivity index is 1.24. The predicted octanol–water partition coefficient (Wildman–Crippen LogP) is 4.31. The molecule has 5 rings (SSSR count). The van der Waals surface area contributed by atoms with Crippen LogP contribution in [0.4, 0.5) is 19.0 Å². The van der Waals surface area contributed by atoms with Crippen molar-refractivity contribution >= 4 is 11.7 Å². The number of carbonyl (C=O) groups is 1. The highest BCUT2D eigenvalue weighted by Gasteiger charge is 2.50. The second-order valence-corrected chi connectivity index (χ2v) is 8.78. The van der Waals surface area contributed by atoms with E-state index in [1.807, 2.05) is 6.07 Å². The van der Waals surface area contributed by atoms with E-state index in [1.54, 1.807) is 6.92 Å². The van der Waals surface area contributed by atoms with Crippen molar-refractivity contribution < 1.29 is 22.7 Å². The third-order valence-electron chi connectivity index (χ3n) is 6.38. The molecule has 10 heteroatoms. The van der Waals surface area contributed by atoms with E-state index < -0.39 is 23.7 Å². The maximum absolute atomic E-state index is 13.7. The Morgan fingerprint density at radius 1 is 1.25 bits per heavy atom. The van der Waals surface area contributed by atoms with Gasteiger partial charge < -0.3 is 10.1 Å². The summed E-state index contributed by atoms with van der Waals surface area (Å²) in [6.07, 6.45) is 2.31.